The molecule has 3 aromatic rings. The average molecular weight is 478 g/mol. The van der Waals surface area contributed by atoms with E-state index in [9.17, 15) is 18.0 Å². The molecule has 3 rings (SSSR count). The van der Waals surface area contributed by atoms with Crippen molar-refractivity contribution in [3.05, 3.63) is 87.1 Å². The highest BCUT2D eigenvalue weighted by Crippen LogP contribution is 2.30. The second-order valence-electron chi connectivity index (χ2n) is 6.74. The van der Waals surface area contributed by atoms with Crippen molar-refractivity contribution in [3.63, 3.8) is 0 Å². The normalized spacial score (nSPS) is 11.8. The summed E-state index contributed by atoms with van der Waals surface area (Å²) in [6, 6.07) is 14.5. The Balaban J connectivity index is 1.72. The summed E-state index contributed by atoms with van der Waals surface area (Å²) in [6.07, 6.45) is -3.13. The third kappa shape index (κ3) is 4.81. The number of carbonyl (C=O) groups excluding carboxylic acids is 1. The predicted molar refractivity (Wildman–Crippen MR) is 114 cm³/mol. The fraction of sp³-hybridized carbons (Fsp3) is 0.182. The number of hydrogen-bond acceptors (Lipinski definition) is 2. The van der Waals surface area contributed by atoms with E-state index in [-0.39, 0.29) is 12.0 Å². The lowest BCUT2D eigenvalue weighted by molar-refractivity contribution is -0.137. The van der Waals surface area contributed by atoms with E-state index in [0.29, 0.717) is 0 Å². The third-order valence-corrected chi connectivity index (χ3v) is 5.63. The summed E-state index contributed by atoms with van der Waals surface area (Å²) in [6.45, 7) is 3.91. The first-order valence-corrected chi connectivity index (χ1v) is 9.88. The fourth-order valence-electron chi connectivity index (χ4n) is 3.19. The number of hydrogen-bond donors (Lipinski definition) is 1. The highest BCUT2D eigenvalue weighted by atomic mass is 79.9. The van der Waals surface area contributed by atoms with Gasteiger partial charge in [-0.25, -0.2) is 5.43 Å². The van der Waals surface area contributed by atoms with E-state index in [0.717, 1.165) is 39.2 Å². The van der Waals surface area contributed by atoms with E-state index in [4.69, 9.17) is 0 Å². The number of benzene rings is 2. The van der Waals surface area contributed by atoms with Gasteiger partial charge < -0.3 is 4.57 Å². The molecule has 30 heavy (non-hydrogen) atoms. The van der Waals surface area contributed by atoms with Crippen LogP contribution < -0.4 is 5.43 Å². The summed E-state index contributed by atoms with van der Waals surface area (Å²) >= 11 is 3.57. The molecule has 0 unspecified atom stereocenters. The molecule has 0 saturated carbocycles. The highest BCUT2D eigenvalue weighted by molar-refractivity contribution is 9.10. The molecule has 4 nitrogen and oxygen atoms in total. The molecule has 0 aliphatic rings. The molecule has 1 amide bonds. The van der Waals surface area contributed by atoms with Gasteiger partial charge in [-0.1, -0.05) is 36.4 Å². The van der Waals surface area contributed by atoms with Crippen LogP contribution in [0, 0.1) is 13.8 Å². The van der Waals surface area contributed by atoms with Gasteiger partial charge in [0.25, 0.3) is 0 Å². The average Bonchev–Trinajstić information content (AvgIpc) is 2.91. The molecule has 0 aliphatic heterocycles. The first-order chi connectivity index (χ1) is 14.2. The van der Waals surface area contributed by atoms with Crippen molar-refractivity contribution in [1.29, 1.82) is 0 Å². The van der Waals surface area contributed by atoms with Crippen molar-refractivity contribution in [2.24, 2.45) is 5.10 Å². The molecular weight excluding hydrogens is 459 g/mol. The quantitative estimate of drug-likeness (QED) is 0.379. The van der Waals surface area contributed by atoms with E-state index in [2.05, 4.69) is 31.0 Å². The molecule has 0 bridgehead atoms. The van der Waals surface area contributed by atoms with Crippen molar-refractivity contribution < 1.29 is 18.0 Å². The molecule has 0 saturated heterocycles. The van der Waals surface area contributed by atoms with Gasteiger partial charge in [0.05, 0.1) is 18.2 Å². The summed E-state index contributed by atoms with van der Waals surface area (Å²) in [5, 5.41) is 3.99. The smallest absolute Gasteiger partial charge is 0.317 e. The number of nitrogens with zero attached hydrogens (tertiary/aromatic N) is 2. The van der Waals surface area contributed by atoms with Crippen molar-refractivity contribution in [1.82, 2.24) is 9.99 Å². The zero-order valence-electron chi connectivity index (χ0n) is 16.3. The van der Waals surface area contributed by atoms with E-state index in [1.165, 1.54) is 18.3 Å². The summed E-state index contributed by atoms with van der Waals surface area (Å²) in [4.78, 5) is 12.1. The molecule has 0 spiro atoms. The topological polar surface area (TPSA) is 46.4 Å². The minimum atomic E-state index is -4.45. The fourth-order valence-corrected chi connectivity index (χ4v) is 3.76. The Kier molecular flexibility index (Phi) is 6.45. The minimum Gasteiger partial charge on any atom is -0.317 e. The van der Waals surface area contributed by atoms with Crippen LogP contribution in [-0.2, 0) is 17.4 Å². The molecule has 0 aliphatic carbocycles. The molecule has 0 radical (unpaired) electrons. The maximum atomic E-state index is 12.8. The van der Waals surface area contributed by atoms with Crippen molar-refractivity contribution in [2.45, 2.75) is 26.4 Å². The van der Waals surface area contributed by atoms with Crippen LogP contribution in [0.3, 0.4) is 0 Å². The largest absolute Gasteiger partial charge is 0.416 e. The minimum absolute atomic E-state index is 0.203. The summed E-state index contributed by atoms with van der Waals surface area (Å²) < 4.78 is 41.3. The first-order valence-electron chi connectivity index (χ1n) is 9.09. The van der Waals surface area contributed by atoms with Gasteiger partial charge in [-0.15, -0.1) is 0 Å². The van der Waals surface area contributed by atoms with Crippen LogP contribution in [0.15, 0.2) is 64.2 Å². The maximum Gasteiger partial charge on any atom is 0.416 e. The van der Waals surface area contributed by atoms with Crippen LogP contribution >= 0.6 is 15.9 Å². The van der Waals surface area contributed by atoms with Gasteiger partial charge in [-0.3, -0.25) is 4.79 Å². The van der Waals surface area contributed by atoms with Gasteiger partial charge in [-0.2, -0.15) is 18.3 Å². The lowest BCUT2D eigenvalue weighted by Crippen LogP contribution is -2.20. The van der Waals surface area contributed by atoms with Crippen LogP contribution in [0.2, 0.25) is 0 Å². The maximum absolute atomic E-state index is 12.8. The predicted octanol–water partition coefficient (Wildman–Crippen LogP) is 5.57. The van der Waals surface area contributed by atoms with E-state index >= 15 is 0 Å². The first kappa shape index (κ1) is 21.8. The summed E-state index contributed by atoms with van der Waals surface area (Å²) in [5.41, 5.74) is 5.58. The van der Waals surface area contributed by atoms with Crippen LogP contribution in [0.5, 0.6) is 0 Å². The Morgan fingerprint density at radius 3 is 2.47 bits per heavy atom. The van der Waals surface area contributed by atoms with E-state index in [1.54, 1.807) is 0 Å². The van der Waals surface area contributed by atoms with Crippen molar-refractivity contribution in [3.8, 4) is 5.69 Å². The molecule has 0 fully saturated rings. The van der Waals surface area contributed by atoms with Crippen LogP contribution in [0.25, 0.3) is 5.69 Å². The van der Waals surface area contributed by atoms with Crippen LogP contribution in [0.1, 0.15) is 28.1 Å². The Labute approximate surface area is 180 Å². The molecule has 0 atom stereocenters. The van der Waals surface area contributed by atoms with E-state index < -0.39 is 17.6 Å². The second-order valence-corrected chi connectivity index (χ2v) is 7.53. The number of aromatic nitrogens is 1. The molecule has 1 aromatic heterocycles. The second kappa shape index (κ2) is 8.87. The van der Waals surface area contributed by atoms with Gasteiger partial charge in [-0.05, 0) is 53.5 Å². The molecular formula is C22H19BrF3N3O. The number of para-hydroxylation sites is 1. The van der Waals surface area contributed by atoms with Crippen molar-refractivity contribution in [2.75, 3.05) is 0 Å². The Hall–Kier alpha value is -2.87. The van der Waals surface area contributed by atoms with Crippen molar-refractivity contribution >= 4 is 28.1 Å². The molecule has 2 aromatic carbocycles. The lowest BCUT2D eigenvalue weighted by Gasteiger charge is -2.09. The molecule has 1 N–H and O–H groups in total. The van der Waals surface area contributed by atoms with Crippen LogP contribution in [0.4, 0.5) is 13.2 Å². The van der Waals surface area contributed by atoms with Crippen LogP contribution in [-0.4, -0.2) is 16.7 Å². The Bertz CT molecular complexity index is 1090. The number of nitrogens with one attached hydrogen (secondary N) is 1. The van der Waals surface area contributed by atoms with Gasteiger partial charge in [0.15, 0.2) is 0 Å². The van der Waals surface area contributed by atoms with Gasteiger partial charge in [0.1, 0.15) is 0 Å². The zero-order valence-corrected chi connectivity index (χ0v) is 17.9. The lowest BCUT2D eigenvalue weighted by atomic mass is 10.1. The summed E-state index contributed by atoms with van der Waals surface area (Å²) in [5.74, 6) is -0.501. The third-order valence-electron chi connectivity index (χ3n) is 4.63. The number of halogens is 4. The molecule has 156 valence electrons. The number of amides is 1. The monoisotopic (exact) mass is 477 g/mol. The SMILES string of the molecule is Cc1c(Br)c(/C=N/NC(=O)Cc2cccc(C(F)(F)F)c2)c(C)n1-c1ccccc1. The van der Waals surface area contributed by atoms with Gasteiger partial charge >= 0.3 is 6.18 Å². The Morgan fingerprint density at radius 2 is 1.80 bits per heavy atom. The molecule has 1 heterocycles. The number of rotatable bonds is 5. The van der Waals surface area contributed by atoms with E-state index in [1.807, 2.05) is 44.2 Å². The molecule has 8 heteroatoms. The zero-order chi connectivity index (χ0) is 21.9. The number of carbonyl (C=O) groups is 1. The highest BCUT2D eigenvalue weighted by Gasteiger charge is 2.30. The Morgan fingerprint density at radius 1 is 1.10 bits per heavy atom. The van der Waals surface area contributed by atoms with Gasteiger partial charge in [0, 0.05) is 27.1 Å². The number of alkyl halides is 3. The summed E-state index contributed by atoms with van der Waals surface area (Å²) in [7, 11) is 0. The van der Waals surface area contributed by atoms with Gasteiger partial charge in [0.2, 0.25) is 5.91 Å². The standard InChI is InChI=1S/C22H19BrF3N3O/c1-14-19(21(23)15(2)29(14)18-9-4-3-5-10-18)13-27-28-20(30)12-16-7-6-8-17(11-16)22(24,25)26/h3-11,13H,12H2,1-2H3,(H,28,30)/b27-13+. The number of hydrazone groups is 1.